The van der Waals surface area contributed by atoms with Gasteiger partial charge in [0.15, 0.2) is 0 Å². The van der Waals surface area contributed by atoms with Gasteiger partial charge in [0.2, 0.25) is 0 Å². The minimum absolute atomic E-state index is 0.0766. The Morgan fingerprint density at radius 2 is 2.17 bits per heavy atom. The molecule has 3 N–H and O–H groups in total. The molecule has 1 aromatic carbocycles. The summed E-state index contributed by atoms with van der Waals surface area (Å²) in [6.45, 7) is 1.54. The number of nitrogens with zero attached hydrogens (tertiary/aromatic N) is 4. The van der Waals surface area contributed by atoms with Crippen LogP contribution in [0.2, 0.25) is 0 Å². The van der Waals surface area contributed by atoms with Crippen molar-refractivity contribution < 1.29 is 9.90 Å². The normalized spacial score (nSPS) is 23.4. The second-order valence-corrected chi connectivity index (χ2v) is 7.83. The average Bonchev–Trinajstić information content (AvgIpc) is 3.46. The van der Waals surface area contributed by atoms with Crippen LogP contribution < -0.4 is 10.2 Å². The Kier molecular flexibility index (Phi) is 4.35. The Labute approximate surface area is 168 Å². The van der Waals surface area contributed by atoms with Gasteiger partial charge in [-0.1, -0.05) is 24.3 Å². The van der Waals surface area contributed by atoms with Crippen molar-refractivity contribution in [3.63, 3.8) is 0 Å². The number of urea groups is 1. The molecule has 150 valence electrons. The van der Waals surface area contributed by atoms with Crippen molar-refractivity contribution in [2.24, 2.45) is 0 Å². The molecule has 8 heteroatoms. The van der Waals surface area contributed by atoms with E-state index in [-0.39, 0.29) is 18.1 Å². The van der Waals surface area contributed by atoms with Crippen molar-refractivity contribution >= 4 is 22.9 Å². The number of aromatic nitrogens is 3. The largest absolute Gasteiger partial charge is 0.390 e. The van der Waals surface area contributed by atoms with E-state index in [1.165, 1.54) is 0 Å². The number of carbonyl (C=O) groups is 1. The molecule has 3 heterocycles. The summed E-state index contributed by atoms with van der Waals surface area (Å²) < 4.78 is 0. The van der Waals surface area contributed by atoms with E-state index in [1.807, 2.05) is 43.6 Å². The maximum atomic E-state index is 12.9. The lowest BCUT2D eigenvalue weighted by Gasteiger charge is -2.28. The van der Waals surface area contributed by atoms with Gasteiger partial charge in [0.05, 0.1) is 23.6 Å². The van der Waals surface area contributed by atoms with Crippen molar-refractivity contribution in [2.75, 3.05) is 25.0 Å². The number of likely N-dealkylation sites (N-methyl/N-ethyl adjacent to an activating group) is 1. The van der Waals surface area contributed by atoms with E-state index in [9.17, 15) is 9.90 Å². The van der Waals surface area contributed by atoms with Crippen molar-refractivity contribution in [1.29, 1.82) is 0 Å². The highest BCUT2D eigenvalue weighted by atomic mass is 16.3. The van der Waals surface area contributed by atoms with Gasteiger partial charge in [0.1, 0.15) is 17.8 Å². The minimum Gasteiger partial charge on any atom is -0.390 e. The number of H-pyrrole nitrogens is 1. The molecule has 2 amide bonds. The number of carbonyl (C=O) groups excluding carboxylic acids is 1. The fourth-order valence-corrected chi connectivity index (χ4v) is 4.51. The molecular weight excluding hydrogens is 368 g/mol. The smallest absolute Gasteiger partial charge is 0.318 e. The lowest BCUT2D eigenvalue weighted by atomic mass is 10.1. The quantitative estimate of drug-likeness (QED) is 0.632. The Hall–Kier alpha value is -3.13. The van der Waals surface area contributed by atoms with Crippen LogP contribution in [-0.4, -0.2) is 63.3 Å². The summed E-state index contributed by atoms with van der Waals surface area (Å²) in [4.78, 5) is 28.7. The minimum atomic E-state index is -0.590. The van der Waals surface area contributed by atoms with Crippen LogP contribution in [0.3, 0.4) is 0 Å². The van der Waals surface area contributed by atoms with Crippen molar-refractivity contribution in [3.8, 4) is 0 Å². The number of aliphatic hydroxyl groups is 1. The fraction of sp³-hybridized carbons (Fsp3) is 0.381. The summed E-state index contributed by atoms with van der Waals surface area (Å²) in [6, 6.07) is 9.42. The summed E-state index contributed by atoms with van der Waals surface area (Å²) in [5.74, 6) is 0.896. The number of hydrogen-bond donors (Lipinski definition) is 3. The van der Waals surface area contributed by atoms with Crippen LogP contribution in [0.15, 0.2) is 42.9 Å². The first kappa shape index (κ1) is 17.9. The zero-order chi connectivity index (χ0) is 20.0. The van der Waals surface area contributed by atoms with Gasteiger partial charge < -0.3 is 25.2 Å². The van der Waals surface area contributed by atoms with Gasteiger partial charge in [0, 0.05) is 32.8 Å². The predicted molar refractivity (Wildman–Crippen MR) is 110 cm³/mol. The molecule has 1 saturated heterocycles. The van der Waals surface area contributed by atoms with Gasteiger partial charge in [-0.05, 0) is 23.6 Å². The summed E-state index contributed by atoms with van der Waals surface area (Å²) in [5, 5.41) is 14.4. The van der Waals surface area contributed by atoms with E-state index < -0.39 is 6.10 Å². The van der Waals surface area contributed by atoms with Gasteiger partial charge >= 0.3 is 6.03 Å². The molecule has 0 bridgehead atoms. The average molecular weight is 392 g/mol. The number of rotatable bonds is 3. The third kappa shape index (κ3) is 3.09. The first-order chi connectivity index (χ1) is 14.1. The van der Waals surface area contributed by atoms with Crippen LogP contribution >= 0.6 is 0 Å². The standard InChI is InChI=1S/C21H24N6O2/c1-26(21(29)25-18-15-5-3-2-4-13(15)10-17(18)28)14-7-9-27(11-14)20-16-6-8-22-19(16)23-12-24-20/h2-6,8,12,14,17-18,28H,7,9-11H2,1H3,(H,25,29)(H,22,23,24)/t14?,17-,18-/m1/s1. The summed E-state index contributed by atoms with van der Waals surface area (Å²) >= 11 is 0. The molecule has 2 aromatic heterocycles. The third-order valence-corrected chi connectivity index (χ3v) is 6.15. The number of anilines is 1. The molecule has 1 unspecified atom stereocenters. The van der Waals surface area contributed by atoms with Crippen molar-refractivity contribution in [2.45, 2.75) is 31.0 Å². The highest BCUT2D eigenvalue weighted by Gasteiger charge is 2.35. The maximum absolute atomic E-state index is 12.9. The van der Waals surface area contributed by atoms with Crippen LogP contribution in [0.5, 0.6) is 0 Å². The molecule has 0 spiro atoms. The van der Waals surface area contributed by atoms with E-state index in [4.69, 9.17) is 0 Å². The Morgan fingerprint density at radius 1 is 1.31 bits per heavy atom. The molecule has 0 radical (unpaired) electrons. The summed E-state index contributed by atoms with van der Waals surface area (Å²) in [5.41, 5.74) is 2.92. The topological polar surface area (TPSA) is 97.4 Å². The van der Waals surface area contributed by atoms with E-state index in [0.29, 0.717) is 13.0 Å². The van der Waals surface area contributed by atoms with E-state index >= 15 is 0 Å². The molecular formula is C21H24N6O2. The SMILES string of the molecule is CN(C(=O)N[C@@H]1c2ccccc2C[C@H]1O)C1CCN(c2ncnc3[nH]ccc23)C1. The highest BCUT2D eigenvalue weighted by Crippen LogP contribution is 2.32. The van der Waals surface area contributed by atoms with Gasteiger partial charge in [-0.15, -0.1) is 0 Å². The van der Waals surface area contributed by atoms with Crippen LogP contribution in [0, 0.1) is 0 Å². The second kappa shape index (κ2) is 7.04. The predicted octanol–water partition coefficient (Wildman–Crippen LogP) is 1.84. The van der Waals surface area contributed by atoms with Crippen molar-refractivity contribution in [1.82, 2.24) is 25.2 Å². The maximum Gasteiger partial charge on any atom is 0.318 e. The van der Waals surface area contributed by atoms with Crippen LogP contribution in [0.25, 0.3) is 11.0 Å². The third-order valence-electron chi connectivity index (χ3n) is 6.15. The van der Waals surface area contributed by atoms with Crippen molar-refractivity contribution in [3.05, 3.63) is 54.0 Å². The molecule has 0 saturated carbocycles. The van der Waals surface area contributed by atoms with Crippen LogP contribution in [0.4, 0.5) is 10.6 Å². The summed E-state index contributed by atoms with van der Waals surface area (Å²) in [7, 11) is 1.82. The number of fused-ring (bicyclic) bond motifs is 2. The molecule has 1 fully saturated rings. The van der Waals surface area contributed by atoms with Gasteiger partial charge in [0.25, 0.3) is 0 Å². The first-order valence-electron chi connectivity index (χ1n) is 9.94. The number of aromatic amines is 1. The number of benzene rings is 1. The highest BCUT2D eigenvalue weighted by molar-refractivity contribution is 5.87. The van der Waals surface area contributed by atoms with Gasteiger partial charge in [-0.25, -0.2) is 14.8 Å². The molecule has 29 heavy (non-hydrogen) atoms. The van der Waals surface area contributed by atoms with E-state index in [2.05, 4.69) is 25.2 Å². The Morgan fingerprint density at radius 3 is 3.07 bits per heavy atom. The molecule has 3 atom stereocenters. The summed E-state index contributed by atoms with van der Waals surface area (Å²) in [6.07, 6.45) is 4.27. The monoisotopic (exact) mass is 392 g/mol. The van der Waals surface area contributed by atoms with Gasteiger partial charge in [-0.3, -0.25) is 0 Å². The lowest BCUT2D eigenvalue weighted by molar-refractivity contribution is 0.133. The molecule has 2 aliphatic rings. The number of hydrogen-bond acceptors (Lipinski definition) is 5. The number of aliphatic hydroxyl groups excluding tert-OH is 1. The lowest BCUT2D eigenvalue weighted by Crippen LogP contribution is -2.47. The molecule has 8 nitrogen and oxygen atoms in total. The fourth-order valence-electron chi connectivity index (χ4n) is 4.51. The van der Waals surface area contributed by atoms with Crippen LogP contribution in [-0.2, 0) is 6.42 Å². The van der Waals surface area contributed by atoms with E-state index in [0.717, 1.165) is 40.9 Å². The Balaban J connectivity index is 1.27. The zero-order valence-electron chi connectivity index (χ0n) is 16.2. The number of nitrogens with one attached hydrogen (secondary N) is 2. The zero-order valence-corrected chi connectivity index (χ0v) is 16.2. The molecule has 5 rings (SSSR count). The second-order valence-electron chi connectivity index (χ2n) is 7.83. The molecule has 3 aromatic rings. The first-order valence-corrected chi connectivity index (χ1v) is 9.94. The Bertz CT molecular complexity index is 1050. The molecule has 1 aliphatic carbocycles. The number of amides is 2. The van der Waals surface area contributed by atoms with E-state index in [1.54, 1.807) is 11.2 Å². The van der Waals surface area contributed by atoms with Gasteiger partial charge in [-0.2, -0.15) is 0 Å². The molecule has 1 aliphatic heterocycles. The van der Waals surface area contributed by atoms with Crippen LogP contribution in [0.1, 0.15) is 23.6 Å².